The van der Waals surface area contributed by atoms with Crippen LogP contribution in [0, 0.1) is 0 Å². The van der Waals surface area contributed by atoms with Crippen LogP contribution in [0.2, 0.25) is 0 Å². The summed E-state index contributed by atoms with van der Waals surface area (Å²) in [4.78, 5) is 2.50. The van der Waals surface area contributed by atoms with Crippen molar-refractivity contribution in [2.24, 2.45) is 0 Å². The lowest BCUT2D eigenvalue weighted by atomic mass is 10.2. The summed E-state index contributed by atoms with van der Waals surface area (Å²) in [7, 11) is 0. The van der Waals surface area contributed by atoms with E-state index in [-0.39, 0.29) is 0 Å². The minimum atomic E-state index is 0.521. The van der Waals surface area contributed by atoms with Gasteiger partial charge in [-0.2, -0.15) is 0 Å². The number of nitrogens with one attached hydrogen (secondary N) is 1. The molecule has 0 radical (unpaired) electrons. The number of aromatic nitrogens is 2. The molecule has 6 heteroatoms. The Hall–Kier alpha value is -1.50. The largest absolute Gasteiger partial charge is 0.379 e. The second kappa shape index (κ2) is 7.67. The molecule has 118 valence electrons. The van der Waals surface area contributed by atoms with Gasteiger partial charge in [-0.05, 0) is 6.42 Å². The fourth-order valence-electron chi connectivity index (χ4n) is 2.67. The first-order valence-electron chi connectivity index (χ1n) is 7.81. The number of benzene rings is 1. The Labute approximate surface area is 135 Å². The summed E-state index contributed by atoms with van der Waals surface area (Å²) in [5.74, 6) is 0. The molecule has 0 aliphatic carbocycles. The molecule has 1 aromatic heterocycles. The highest BCUT2D eigenvalue weighted by Crippen LogP contribution is 2.26. The van der Waals surface area contributed by atoms with Crippen LogP contribution in [0.4, 0.5) is 5.13 Å². The summed E-state index contributed by atoms with van der Waals surface area (Å²) < 4.78 is 5.43. The Morgan fingerprint density at radius 1 is 1.23 bits per heavy atom. The Kier molecular flexibility index (Phi) is 5.37. The maximum atomic E-state index is 5.43. The molecule has 1 fully saturated rings. The molecule has 3 rings (SSSR count). The van der Waals surface area contributed by atoms with Crippen molar-refractivity contribution in [3.63, 3.8) is 0 Å². The molecule has 1 aromatic carbocycles. The minimum absolute atomic E-state index is 0.521. The predicted molar refractivity (Wildman–Crippen MR) is 90.3 cm³/mol. The lowest BCUT2D eigenvalue weighted by Crippen LogP contribution is -2.46. The van der Waals surface area contributed by atoms with Gasteiger partial charge in [-0.3, -0.25) is 4.90 Å². The first-order valence-corrected chi connectivity index (χ1v) is 8.63. The third kappa shape index (κ3) is 3.82. The number of rotatable bonds is 6. The van der Waals surface area contributed by atoms with Crippen molar-refractivity contribution < 1.29 is 4.74 Å². The summed E-state index contributed by atoms with van der Waals surface area (Å²) in [6, 6.07) is 10.7. The fourth-order valence-corrected chi connectivity index (χ4v) is 3.43. The lowest BCUT2D eigenvalue weighted by molar-refractivity contribution is 0.0184. The van der Waals surface area contributed by atoms with Gasteiger partial charge in [-0.15, -0.1) is 10.2 Å². The van der Waals surface area contributed by atoms with E-state index in [1.807, 2.05) is 18.2 Å². The average molecular weight is 318 g/mol. The van der Waals surface area contributed by atoms with E-state index in [0.29, 0.717) is 6.04 Å². The van der Waals surface area contributed by atoms with Gasteiger partial charge in [-0.1, -0.05) is 48.6 Å². The van der Waals surface area contributed by atoms with Crippen LogP contribution in [0.25, 0.3) is 10.6 Å². The minimum Gasteiger partial charge on any atom is -0.379 e. The van der Waals surface area contributed by atoms with Crippen LogP contribution in [0.1, 0.15) is 13.3 Å². The van der Waals surface area contributed by atoms with Crippen LogP contribution < -0.4 is 5.32 Å². The van der Waals surface area contributed by atoms with Gasteiger partial charge in [0.15, 0.2) is 0 Å². The van der Waals surface area contributed by atoms with Gasteiger partial charge in [0.2, 0.25) is 5.13 Å². The third-order valence-electron chi connectivity index (χ3n) is 3.97. The number of hydrogen-bond acceptors (Lipinski definition) is 6. The SMILES string of the molecule is CC[C@H](CNc1nnc(-c2ccccc2)s1)N1CCOCC1. The van der Waals surface area contributed by atoms with E-state index >= 15 is 0 Å². The quantitative estimate of drug-likeness (QED) is 0.887. The van der Waals surface area contributed by atoms with Crippen molar-refractivity contribution in [2.75, 3.05) is 38.2 Å². The van der Waals surface area contributed by atoms with E-state index in [9.17, 15) is 0 Å². The Bertz CT molecular complexity index is 569. The number of morpholine rings is 1. The van der Waals surface area contributed by atoms with E-state index in [0.717, 1.165) is 55.0 Å². The van der Waals surface area contributed by atoms with Crippen LogP contribution in [-0.2, 0) is 4.74 Å². The second-order valence-electron chi connectivity index (χ2n) is 5.37. The average Bonchev–Trinajstić information content (AvgIpc) is 3.06. The van der Waals surface area contributed by atoms with Gasteiger partial charge in [0.1, 0.15) is 5.01 Å². The number of nitrogens with zero attached hydrogens (tertiary/aromatic N) is 3. The number of ether oxygens (including phenoxy) is 1. The molecule has 1 saturated heterocycles. The molecule has 0 saturated carbocycles. The van der Waals surface area contributed by atoms with E-state index in [2.05, 4.69) is 39.5 Å². The molecule has 2 aromatic rings. The molecule has 1 N–H and O–H groups in total. The number of anilines is 1. The van der Waals surface area contributed by atoms with Gasteiger partial charge in [0.25, 0.3) is 0 Å². The Morgan fingerprint density at radius 2 is 2.00 bits per heavy atom. The molecule has 1 atom stereocenters. The zero-order valence-electron chi connectivity index (χ0n) is 12.9. The van der Waals surface area contributed by atoms with Gasteiger partial charge >= 0.3 is 0 Å². The molecule has 0 bridgehead atoms. The van der Waals surface area contributed by atoms with Crippen LogP contribution in [0.15, 0.2) is 30.3 Å². The normalized spacial score (nSPS) is 17.3. The van der Waals surface area contributed by atoms with Gasteiger partial charge < -0.3 is 10.1 Å². The van der Waals surface area contributed by atoms with Crippen molar-refractivity contribution in [1.82, 2.24) is 15.1 Å². The fraction of sp³-hybridized carbons (Fsp3) is 0.500. The molecular formula is C16H22N4OS. The Morgan fingerprint density at radius 3 is 2.73 bits per heavy atom. The molecule has 2 heterocycles. The van der Waals surface area contributed by atoms with Crippen molar-refractivity contribution >= 4 is 16.5 Å². The standard InChI is InChI=1S/C16H22N4OS/c1-2-14(20-8-10-21-11-9-20)12-17-16-19-18-15(22-16)13-6-4-3-5-7-13/h3-7,14H,2,8-12H2,1H3,(H,17,19)/t14-/m1/s1. The van der Waals surface area contributed by atoms with E-state index in [1.165, 1.54) is 0 Å². The van der Waals surface area contributed by atoms with E-state index in [4.69, 9.17) is 4.74 Å². The molecule has 0 spiro atoms. The zero-order chi connectivity index (χ0) is 15.2. The van der Waals surface area contributed by atoms with Crippen molar-refractivity contribution in [2.45, 2.75) is 19.4 Å². The zero-order valence-corrected chi connectivity index (χ0v) is 13.7. The summed E-state index contributed by atoms with van der Waals surface area (Å²) in [5.41, 5.74) is 1.12. The maximum absolute atomic E-state index is 5.43. The molecule has 0 unspecified atom stereocenters. The summed E-state index contributed by atoms with van der Waals surface area (Å²) in [5, 5.41) is 13.8. The van der Waals surface area contributed by atoms with Gasteiger partial charge in [-0.25, -0.2) is 0 Å². The molecule has 22 heavy (non-hydrogen) atoms. The summed E-state index contributed by atoms with van der Waals surface area (Å²) in [6.45, 7) is 6.86. The summed E-state index contributed by atoms with van der Waals surface area (Å²) >= 11 is 1.61. The van der Waals surface area contributed by atoms with Crippen molar-refractivity contribution in [1.29, 1.82) is 0 Å². The van der Waals surface area contributed by atoms with Gasteiger partial charge in [0, 0.05) is 31.2 Å². The third-order valence-corrected chi connectivity index (χ3v) is 4.90. The highest BCUT2D eigenvalue weighted by Gasteiger charge is 2.19. The molecule has 0 amide bonds. The topological polar surface area (TPSA) is 50.3 Å². The highest BCUT2D eigenvalue weighted by atomic mass is 32.1. The van der Waals surface area contributed by atoms with E-state index < -0.39 is 0 Å². The first-order chi connectivity index (χ1) is 10.9. The maximum Gasteiger partial charge on any atom is 0.206 e. The second-order valence-corrected chi connectivity index (χ2v) is 6.35. The predicted octanol–water partition coefficient (Wildman–Crippen LogP) is 2.73. The van der Waals surface area contributed by atoms with Crippen LogP contribution >= 0.6 is 11.3 Å². The summed E-state index contributed by atoms with van der Waals surface area (Å²) in [6.07, 6.45) is 1.12. The molecular weight excluding hydrogens is 296 g/mol. The van der Waals surface area contributed by atoms with Crippen molar-refractivity contribution in [3.8, 4) is 10.6 Å². The lowest BCUT2D eigenvalue weighted by Gasteiger charge is -2.33. The van der Waals surface area contributed by atoms with Gasteiger partial charge in [0.05, 0.1) is 13.2 Å². The number of hydrogen-bond donors (Lipinski definition) is 1. The van der Waals surface area contributed by atoms with Crippen LogP contribution in [-0.4, -0.2) is 54.0 Å². The van der Waals surface area contributed by atoms with Crippen LogP contribution in [0.3, 0.4) is 0 Å². The van der Waals surface area contributed by atoms with Crippen LogP contribution in [0.5, 0.6) is 0 Å². The smallest absolute Gasteiger partial charge is 0.206 e. The first kappa shape index (κ1) is 15.4. The highest BCUT2D eigenvalue weighted by molar-refractivity contribution is 7.18. The monoisotopic (exact) mass is 318 g/mol. The Balaban J connectivity index is 1.58. The van der Waals surface area contributed by atoms with E-state index in [1.54, 1.807) is 11.3 Å². The molecule has 1 aliphatic heterocycles. The molecule has 5 nitrogen and oxygen atoms in total. The van der Waals surface area contributed by atoms with Crippen molar-refractivity contribution in [3.05, 3.63) is 30.3 Å². The molecule has 1 aliphatic rings.